The van der Waals surface area contributed by atoms with Gasteiger partial charge in [-0.25, -0.2) is 0 Å². The van der Waals surface area contributed by atoms with Crippen LogP contribution in [-0.4, -0.2) is 10.7 Å². The zero-order chi connectivity index (χ0) is 13.9. The lowest BCUT2D eigenvalue weighted by Gasteiger charge is -2.07. The molecule has 1 rings (SSSR count). The average molecular weight is 258 g/mol. The van der Waals surface area contributed by atoms with Gasteiger partial charge in [-0.05, 0) is 6.07 Å². The van der Waals surface area contributed by atoms with Crippen LogP contribution in [0.15, 0.2) is 18.2 Å². The number of carbonyl (C=O) groups excluding carboxylic acids is 1. The number of nitrogens with zero attached hydrogens (tertiary/aromatic N) is 2. The average Bonchev–Trinajstić information content (AvgIpc) is 2.27. The first-order valence-corrected chi connectivity index (χ1v) is 4.52. The molecule has 94 valence electrons. The van der Waals surface area contributed by atoms with Crippen molar-refractivity contribution in [2.24, 2.45) is 0 Å². The maximum absolute atomic E-state index is 12.5. The van der Waals surface area contributed by atoms with Gasteiger partial charge in [-0.2, -0.15) is 18.4 Å². The normalized spacial score (nSPS) is 10.8. The molecule has 0 heterocycles. The van der Waals surface area contributed by atoms with E-state index < -0.39 is 40.1 Å². The number of Topliss-reactive ketones (excluding diaryl/α,β-unsaturated/α-hetero) is 1. The maximum atomic E-state index is 12.5. The molecule has 0 atom stereocenters. The van der Waals surface area contributed by atoms with Gasteiger partial charge >= 0.3 is 6.18 Å². The van der Waals surface area contributed by atoms with E-state index in [1.54, 1.807) is 0 Å². The molecule has 5 nitrogen and oxygen atoms in total. The Hall–Kier alpha value is -2.43. The summed E-state index contributed by atoms with van der Waals surface area (Å²) in [6.45, 7) is 0. The Morgan fingerprint density at radius 2 is 2.00 bits per heavy atom. The van der Waals surface area contributed by atoms with E-state index in [4.69, 9.17) is 5.26 Å². The molecule has 0 saturated carbocycles. The maximum Gasteiger partial charge on any atom is 0.416 e. The largest absolute Gasteiger partial charge is 0.416 e. The van der Waals surface area contributed by atoms with Crippen LogP contribution < -0.4 is 0 Å². The van der Waals surface area contributed by atoms with E-state index in [2.05, 4.69) is 0 Å². The third kappa shape index (κ3) is 3.04. The van der Waals surface area contributed by atoms with Gasteiger partial charge < -0.3 is 0 Å². The number of carbonyl (C=O) groups is 1. The van der Waals surface area contributed by atoms with Gasteiger partial charge in [-0.15, -0.1) is 0 Å². The van der Waals surface area contributed by atoms with Crippen LogP contribution in [0.3, 0.4) is 0 Å². The van der Waals surface area contributed by atoms with Gasteiger partial charge in [0, 0.05) is 17.7 Å². The van der Waals surface area contributed by atoms with Gasteiger partial charge in [0.2, 0.25) is 0 Å². The number of nitro benzene ring substituents is 1. The van der Waals surface area contributed by atoms with Crippen molar-refractivity contribution in [1.82, 2.24) is 0 Å². The Bertz CT molecular complexity index is 546. The quantitative estimate of drug-likeness (QED) is 0.474. The second-order valence-corrected chi connectivity index (χ2v) is 3.28. The van der Waals surface area contributed by atoms with Crippen molar-refractivity contribution in [1.29, 1.82) is 5.26 Å². The smallest absolute Gasteiger partial charge is 0.293 e. The molecular weight excluding hydrogens is 253 g/mol. The molecule has 1 aromatic rings. The molecule has 0 fully saturated rings. The molecule has 0 aromatic heterocycles. The standard InChI is InChI=1S/C10H5F3N2O3/c11-10(12,13)7-3-6(9(16)1-2-14)4-8(5-7)15(17)18/h3-5H,1H2. The minimum Gasteiger partial charge on any atom is -0.293 e. The Morgan fingerprint density at radius 3 is 2.44 bits per heavy atom. The first kappa shape index (κ1) is 13.6. The molecule has 0 amide bonds. The third-order valence-electron chi connectivity index (χ3n) is 2.02. The Balaban J connectivity index is 3.37. The van der Waals surface area contributed by atoms with Crippen molar-refractivity contribution in [2.45, 2.75) is 12.6 Å². The number of hydrogen-bond donors (Lipinski definition) is 0. The first-order valence-electron chi connectivity index (χ1n) is 4.52. The highest BCUT2D eigenvalue weighted by Crippen LogP contribution is 2.32. The van der Waals surface area contributed by atoms with E-state index in [0.717, 1.165) is 6.07 Å². The summed E-state index contributed by atoms with van der Waals surface area (Å²) in [5, 5.41) is 18.8. The van der Waals surface area contributed by atoms with Crippen molar-refractivity contribution >= 4 is 11.5 Å². The lowest BCUT2D eigenvalue weighted by Crippen LogP contribution is -2.08. The fraction of sp³-hybridized carbons (Fsp3) is 0.200. The van der Waals surface area contributed by atoms with Crippen LogP contribution >= 0.6 is 0 Å². The van der Waals surface area contributed by atoms with E-state index >= 15 is 0 Å². The summed E-state index contributed by atoms with van der Waals surface area (Å²) < 4.78 is 37.4. The number of non-ortho nitro benzene ring substituents is 1. The summed E-state index contributed by atoms with van der Waals surface area (Å²) in [6, 6.07) is 3.02. The lowest BCUT2D eigenvalue weighted by molar-refractivity contribution is -0.385. The van der Waals surface area contributed by atoms with E-state index in [0.29, 0.717) is 12.1 Å². The molecule has 0 saturated heterocycles. The van der Waals surface area contributed by atoms with Crippen molar-refractivity contribution < 1.29 is 22.9 Å². The van der Waals surface area contributed by atoms with Gasteiger partial charge in [0.05, 0.1) is 23.0 Å². The minimum absolute atomic E-state index is 0.336. The lowest BCUT2D eigenvalue weighted by atomic mass is 10.0. The van der Waals surface area contributed by atoms with Crippen LogP contribution in [-0.2, 0) is 6.18 Å². The summed E-state index contributed by atoms with van der Waals surface area (Å²) in [5.41, 5.74) is -2.64. The number of rotatable bonds is 3. The highest BCUT2D eigenvalue weighted by molar-refractivity contribution is 5.98. The first-order chi connectivity index (χ1) is 8.25. The summed E-state index contributed by atoms with van der Waals surface area (Å²) >= 11 is 0. The molecule has 0 aliphatic rings. The van der Waals surface area contributed by atoms with Crippen molar-refractivity contribution in [3.63, 3.8) is 0 Å². The van der Waals surface area contributed by atoms with Crippen LogP contribution in [0.5, 0.6) is 0 Å². The molecule has 0 aliphatic heterocycles. The summed E-state index contributed by atoms with van der Waals surface area (Å²) in [6.07, 6.45) is -5.44. The van der Waals surface area contributed by atoms with Gasteiger partial charge in [0.25, 0.3) is 5.69 Å². The van der Waals surface area contributed by atoms with E-state index in [-0.39, 0.29) is 0 Å². The monoisotopic (exact) mass is 258 g/mol. The van der Waals surface area contributed by atoms with E-state index in [1.165, 1.54) is 6.07 Å². The topological polar surface area (TPSA) is 84.0 Å². The number of benzene rings is 1. The zero-order valence-corrected chi connectivity index (χ0v) is 8.69. The zero-order valence-electron chi connectivity index (χ0n) is 8.69. The predicted octanol–water partition coefficient (Wildman–Crippen LogP) is 2.71. The fourth-order valence-corrected chi connectivity index (χ4v) is 1.22. The predicted molar refractivity (Wildman–Crippen MR) is 52.7 cm³/mol. The van der Waals surface area contributed by atoms with Crippen molar-refractivity contribution in [3.05, 3.63) is 39.4 Å². The van der Waals surface area contributed by atoms with Crippen LogP contribution in [0, 0.1) is 21.4 Å². The number of ketones is 1. The van der Waals surface area contributed by atoms with Crippen LogP contribution in [0.25, 0.3) is 0 Å². The summed E-state index contributed by atoms with van der Waals surface area (Å²) in [4.78, 5) is 20.7. The Morgan fingerprint density at radius 1 is 1.39 bits per heavy atom. The van der Waals surface area contributed by atoms with Crippen LogP contribution in [0.2, 0.25) is 0 Å². The van der Waals surface area contributed by atoms with Gasteiger partial charge in [0.1, 0.15) is 0 Å². The summed E-state index contributed by atoms with van der Waals surface area (Å²) in [5.74, 6) is -0.897. The van der Waals surface area contributed by atoms with Crippen LogP contribution in [0.1, 0.15) is 22.3 Å². The minimum atomic E-state index is -4.80. The van der Waals surface area contributed by atoms with E-state index in [9.17, 15) is 28.1 Å². The van der Waals surface area contributed by atoms with Crippen molar-refractivity contribution in [2.75, 3.05) is 0 Å². The highest BCUT2D eigenvalue weighted by atomic mass is 19.4. The molecule has 0 radical (unpaired) electrons. The Kier molecular flexibility index (Phi) is 3.66. The third-order valence-corrected chi connectivity index (χ3v) is 2.02. The molecule has 18 heavy (non-hydrogen) atoms. The van der Waals surface area contributed by atoms with Crippen molar-refractivity contribution in [3.8, 4) is 6.07 Å². The second kappa shape index (κ2) is 4.83. The number of alkyl halides is 3. The number of nitriles is 1. The second-order valence-electron chi connectivity index (χ2n) is 3.28. The molecular formula is C10H5F3N2O3. The SMILES string of the molecule is N#CCC(=O)c1cc([N+](=O)[O-])cc(C(F)(F)F)c1. The molecule has 0 aliphatic carbocycles. The number of halogens is 3. The van der Waals surface area contributed by atoms with Gasteiger partial charge in [-0.1, -0.05) is 0 Å². The molecule has 1 aromatic carbocycles. The van der Waals surface area contributed by atoms with Crippen LogP contribution in [0.4, 0.5) is 18.9 Å². The summed E-state index contributed by atoms with van der Waals surface area (Å²) in [7, 11) is 0. The number of hydrogen-bond acceptors (Lipinski definition) is 4. The van der Waals surface area contributed by atoms with E-state index in [1.807, 2.05) is 0 Å². The molecule has 8 heteroatoms. The van der Waals surface area contributed by atoms with Gasteiger partial charge in [0.15, 0.2) is 5.78 Å². The van der Waals surface area contributed by atoms with Gasteiger partial charge in [-0.3, -0.25) is 14.9 Å². The molecule has 0 bridgehead atoms. The molecule has 0 N–H and O–H groups in total. The molecule has 0 spiro atoms. The molecule has 0 unspecified atom stereocenters. The highest BCUT2D eigenvalue weighted by Gasteiger charge is 2.33. The Labute approximate surface area is 98.6 Å². The fourth-order valence-electron chi connectivity index (χ4n) is 1.22. The number of nitro groups is 1.